The van der Waals surface area contributed by atoms with Gasteiger partial charge in [0.15, 0.2) is 46.5 Å². The van der Waals surface area contributed by atoms with E-state index in [1.807, 2.05) is 0 Å². The van der Waals surface area contributed by atoms with Crippen molar-refractivity contribution in [2.75, 3.05) is 0 Å². The lowest BCUT2D eigenvalue weighted by Gasteiger charge is -2.14. The number of hydrogen-bond acceptors (Lipinski definition) is 2. The molecule has 14 heteroatoms. The van der Waals surface area contributed by atoms with Gasteiger partial charge in [0.1, 0.15) is 0 Å². The zero-order valence-electron chi connectivity index (χ0n) is 25.4. The van der Waals surface area contributed by atoms with Gasteiger partial charge in [0.2, 0.25) is 11.6 Å². The van der Waals surface area contributed by atoms with Crippen molar-refractivity contribution in [2.24, 2.45) is 0 Å². The summed E-state index contributed by atoms with van der Waals surface area (Å²) in [4.78, 5) is 6.70. The van der Waals surface area contributed by atoms with E-state index < -0.39 is 91.8 Å². The molecular weight excluding hydrogens is 702 g/mol. The van der Waals surface area contributed by atoms with E-state index in [0.29, 0.717) is 0 Å². The van der Waals surface area contributed by atoms with Crippen molar-refractivity contribution < 1.29 is 43.9 Å². The summed E-state index contributed by atoms with van der Waals surface area (Å²) in [6.45, 7) is 15.5. The van der Waals surface area contributed by atoms with Gasteiger partial charge in [-0.25, -0.2) is 64.1 Å². The van der Waals surface area contributed by atoms with Crippen LogP contribution in [0.4, 0.5) is 43.9 Å². The molecule has 7 rings (SSSR count). The van der Waals surface area contributed by atoms with Crippen LogP contribution in [0.15, 0.2) is 36.4 Å². The number of nitriles is 2. The van der Waals surface area contributed by atoms with Crippen molar-refractivity contribution in [3.05, 3.63) is 150 Å². The molecule has 0 atom stereocenters. The summed E-state index contributed by atoms with van der Waals surface area (Å²) in [5.41, 5.74) is -2.61. The third kappa shape index (κ3) is 4.44. The lowest BCUT2D eigenvalue weighted by Crippen LogP contribution is -2.25. The predicted octanol–water partition coefficient (Wildman–Crippen LogP) is 8.66. The highest BCUT2D eigenvalue weighted by Gasteiger charge is 2.34. The van der Waals surface area contributed by atoms with E-state index in [-0.39, 0.29) is 67.8 Å². The molecule has 0 spiro atoms. The minimum Gasteiger partial charge on any atom is -0.226 e. The van der Waals surface area contributed by atoms with Gasteiger partial charge in [-0.15, -0.1) is 0 Å². The maximum Gasteiger partial charge on any atom is 0.269 e. The van der Waals surface area contributed by atoms with E-state index in [1.165, 1.54) is 12.1 Å². The summed E-state index contributed by atoms with van der Waals surface area (Å²) < 4.78 is 143. The molecular formula is C38H10F10N4. The smallest absolute Gasteiger partial charge is 0.226 e. The highest BCUT2D eigenvalue weighted by atomic mass is 19.2. The van der Waals surface area contributed by atoms with Crippen LogP contribution in [0.5, 0.6) is 0 Å². The summed E-state index contributed by atoms with van der Waals surface area (Å²) in [6, 6.07) is 10.5. The van der Waals surface area contributed by atoms with Crippen molar-refractivity contribution in [1.29, 1.82) is 10.5 Å². The highest BCUT2D eigenvalue weighted by molar-refractivity contribution is 5.93. The Morgan fingerprint density at radius 2 is 0.788 bits per heavy atom. The van der Waals surface area contributed by atoms with Gasteiger partial charge in [0, 0.05) is 10.4 Å². The summed E-state index contributed by atoms with van der Waals surface area (Å²) in [7, 11) is 0. The third-order valence-electron chi connectivity index (χ3n) is 9.10. The number of nitrogens with zero attached hydrogens (tertiary/aromatic N) is 4. The normalized spacial score (nSPS) is 13.2. The van der Waals surface area contributed by atoms with Crippen LogP contribution < -0.4 is 10.4 Å². The van der Waals surface area contributed by atoms with Gasteiger partial charge in [0.25, 0.3) is 11.4 Å². The molecule has 52 heavy (non-hydrogen) atoms. The average molecular weight is 713 g/mol. The second kappa shape index (κ2) is 11.9. The molecule has 0 N–H and O–H groups in total. The molecule has 0 amide bonds. The molecule has 2 aliphatic rings. The molecule has 0 saturated heterocycles. The Balaban J connectivity index is 1.54. The van der Waals surface area contributed by atoms with Crippen LogP contribution in [-0.2, 0) is 12.8 Å². The molecule has 2 aliphatic carbocycles. The molecule has 0 aromatic heterocycles. The molecule has 4 nitrogen and oxygen atoms in total. The number of halogens is 10. The second-order valence-electron chi connectivity index (χ2n) is 11.6. The molecule has 0 fully saturated rings. The van der Waals surface area contributed by atoms with Crippen LogP contribution in [0.25, 0.3) is 65.6 Å². The first kappa shape index (κ1) is 33.6. The van der Waals surface area contributed by atoms with Crippen LogP contribution in [0.2, 0.25) is 0 Å². The van der Waals surface area contributed by atoms with Crippen molar-refractivity contribution in [3.63, 3.8) is 0 Å². The van der Waals surface area contributed by atoms with Crippen LogP contribution in [0, 0.1) is 94.0 Å². The molecule has 0 bridgehead atoms. The zero-order chi connectivity index (χ0) is 37.5. The van der Waals surface area contributed by atoms with Crippen LogP contribution >= 0.6 is 0 Å². The van der Waals surface area contributed by atoms with Crippen LogP contribution in [-0.4, -0.2) is 0 Å². The number of fused-ring (bicyclic) bond motifs is 6. The van der Waals surface area contributed by atoms with Crippen molar-refractivity contribution in [1.82, 2.24) is 0 Å². The molecule has 5 aromatic carbocycles. The quantitative estimate of drug-likeness (QED) is 0.0780. The van der Waals surface area contributed by atoms with Gasteiger partial charge >= 0.3 is 0 Å². The largest absolute Gasteiger partial charge is 0.269 e. The SMILES string of the molecule is [C-]#[N+]/C(C#N)=c1/c2c(/c(=C(\C#N)[N+]#[C-])c3c1-c1ccc(-c4c(F)c(F)c(F)c(F)c4F)cc1C3)-c1ccc(-c3c(F)c(F)c(F)c(F)c3F)cc1C2. The Morgan fingerprint density at radius 3 is 1.08 bits per heavy atom. The zero-order valence-corrected chi connectivity index (χ0v) is 25.4. The summed E-state index contributed by atoms with van der Waals surface area (Å²) in [6.07, 6.45) is -0.447. The van der Waals surface area contributed by atoms with E-state index in [2.05, 4.69) is 9.69 Å². The van der Waals surface area contributed by atoms with Gasteiger partial charge in [-0.2, -0.15) is 0 Å². The summed E-state index contributed by atoms with van der Waals surface area (Å²) in [5, 5.41) is 20.1. The standard InChI is InChI=1S/C38H10F10N4/c1-51-21(11-49)27-19-9-15-7-14(24-31(41)35(45)38(48)36(46)32(24)42)4-6-18(15)26(19)28(22(12-50)52-2)20-10-16-8-13(3-5-17(16)25(20)27)23-29(39)33(43)37(47)34(44)30(23)40/h3-8H,9-10H2/b27-21-,28-22+. The topological polar surface area (TPSA) is 56.3 Å². The fraction of sp³-hybridized carbons (Fsp3) is 0.0526. The summed E-state index contributed by atoms with van der Waals surface area (Å²) in [5.74, 6) is -21.7. The Morgan fingerprint density at radius 1 is 0.481 bits per heavy atom. The van der Waals surface area contributed by atoms with Gasteiger partial charge in [-0.1, -0.05) is 24.3 Å². The van der Waals surface area contributed by atoms with E-state index in [1.54, 1.807) is 12.1 Å². The first-order valence-corrected chi connectivity index (χ1v) is 14.6. The lowest BCUT2D eigenvalue weighted by atomic mass is 9.90. The molecule has 0 saturated carbocycles. The van der Waals surface area contributed by atoms with Gasteiger partial charge in [0.05, 0.1) is 36.4 Å². The molecule has 0 heterocycles. The number of benzene rings is 5. The van der Waals surface area contributed by atoms with Crippen LogP contribution in [0.1, 0.15) is 22.3 Å². The highest BCUT2D eigenvalue weighted by Crippen LogP contribution is 2.44. The number of rotatable bonds is 2. The molecule has 0 radical (unpaired) electrons. The van der Waals surface area contributed by atoms with Crippen LogP contribution in [0.3, 0.4) is 0 Å². The van der Waals surface area contributed by atoms with E-state index >= 15 is 0 Å². The Labute approximate surface area is 285 Å². The maximum absolute atomic E-state index is 14.8. The van der Waals surface area contributed by atoms with Gasteiger partial charge < -0.3 is 0 Å². The molecule has 252 valence electrons. The summed E-state index contributed by atoms with van der Waals surface area (Å²) >= 11 is 0. The van der Waals surface area contributed by atoms with Gasteiger partial charge in [-0.05, 0) is 80.6 Å². The van der Waals surface area contributed by atoms with Crippen molar-refractivity contribution in [3.8, 4) is 56.6 Å². The molecule has 5 aromatic rings. The minimum absolute atomic E-state index is 0.00485. The fourth-order valence-corrected chi connectivity index (χ4v) is 6.97. The Hall–Kier alpha value is -6.90. The average Bonchev–Trinajstić information content (AvgIpc) is 3.71. The maximum atomic E-state index is 14.8. The van der Waals surface area contributed by atoms with E-state index in [4.69, 9.17) is 13.1 Å². The first-order chi connectivity index (χ1) is 24.8. The number of hydrogen-bond donors (Lipinski definition) is 0. The van der Waals surface area contributed by atoms with Crippen molar-refractivity contribution >= 4 is 11.4 Å². The molecule has 0 aliphatic heterocycles. The first-order valence-electron chi connectivity index (χ1n) is 14.6. The Kier molecular flexibility index (Phi) is 7.66. The third-order valence-corrected chi connectivity index (χ3v) is 9.10. The molecule has 0 unspecified atom stereocenters. The lowest BCUT2D eigenvalue weighted by molar-refractivity contribution is 0.381. The van der Waals surface area contributed by atoms with Gasteiger partial charge in [-0.3, -0.25) is 0 Å². The van der Waals surface area contributed by atoms with E-state index in [9.17, 15) is 54.4 Å². The second-order valence-corrected chi connectivity index (χ2v) is 11.6. The van der Waals surface area contributed by atoms with E-state index in [0.717, 1.165) is 24.3 Å². The Bertz CT molecular complexity index is 2570. The minimum atomic E-state index is -2.35. The van der Waals surface area contributed by atoms with Crippen molar-refractivity contribution in [2.45, 2.75) is 12.8 Å². The monoisotopic (exact) mass is 712 g/mol. The predicted molar refractivity (Wildman–Crippen MR) is 164 cm³/mol. The fourth-order valence-electron chi connectivity index (χ4n) is 6.97.